The molecule has 1 aromatic carbocycles. The van der Waals surface area contributed by atoms with Crippen molar-refractivity contribution in [2.24, 2.45) is 4.99 Å². The molecule has 1 aliphatic rings. The Labute approximate surface area is 87.1 Å². The number of aliphatic imine (C=N–C) groups is 1. The van der Waals surface area contributed by atoms with E-state index < -0.39 is 12.1 Å². The molecule has 1 heterocycles. The van der Waals surface area contributed by atoms with E-state index in [0.717, 1.165) is 5.56 Å². The van der Waals surface area contributed by atoms with Gasteiger partial charge < -0.3 is 0 Å². The van der Waals surface area contributed by atoms with E-state index in [1.165, 1.54) is 0 Å². The molecule has 0 bridgehead atoms. The molecule has 0 amide bonds. The van der Waals surface area contributed by atoms with Crippen molar-refractivity contribution >= 4 is 6.21 Å². The van der Waals surface area contributed by atoms with Crippen LogP contribution in [0.4, 0.5) is 0 Å². The molecular weight excluding hydrogens is 192 g/mol. The van der Waals surface area contributed by atoms with E-state index in [2.05, 4.69) is 4.99 Å². The second-order valence-electron chi connectivity index (χ2n) is 3.31. The first-order valence-corrected chi connectivity index (χ1v) is 4.67. The number of nitrogens with zero attached hydrogens (tertiary/aromatic N) is 2. The van der Waals surface area contributed by atoms with Gasteiger partial charge in [-0.2, -0.15) is 0 Å². The number of dihydropyridines is 1. The third kappa shape index (κ3) is 1.93. The molecule has 0 spiro atoms. The summed E-state index contributed by atoms with van der Waals surface area (Å²) in [6, 6.07) is 8.17. The number of nitro groups is 1. The molecule has 0 saturated carbocycles. The predicted molar refractivity (Wildman–Crippen MR) is 57.6 cm³/mol. The topological polar surface area (TPSA) is 55.5 Å². The fourth-order valence-corrected chi connectivity index (χ4v) is 1.62. The van der Waals surface area contributed by atoms with Crippen molar-refractivity contribution in [1.29, 1.82) is 0 Å². The highest BCUT2D eigenvalue weighted by atomic mass is 16.6. The van der Waals surface area contributed by atoms with E-state index in [1.807, 2.05) is 30.3 Å². The molecule has 2 unspecified atom stereocenters. The van der Waals surface area contributed by atoms with Gasteiger partial charge in [0.25, 0.3) is 6.04 Å². The maximum atomic E-state index is 10.8. The minimum atomic E-state index is -0.752. The summed E-state index contributed by atoms with van der Waals surface area (Å²) in [5, 5.41) is 10.8. The van der Waals surface area contributed by atoms with Gasteiger partial charge in [-0.05, 0) is 17.7 Å². The van der Waals surface area contributed by atoms with Crippen molar-refractivity contribution in [3.8, 4) is 0 Å². The highest BCUT2D eigenvalue weighted by Gasteiger charge is 2.30. The summed E-state index contributed by atoms with van der Waals surface area (Å²) in [4.78, 5) is 14.7. The zero-order valence-corrected chi connectivity index (χ0v) is 7.98. The fraction of sp³-hybridized carbons (Fsp3) is 0.182. The predicted octanol–water partition coefficient (Wildman–Crippen LogP) is 2.01. The van der Waals surface area contributed by atoms with Crippen LogP contribution in [-0.4, -0.2) is 17.2 Å². The van der Waals surface area contributed by atoms with Gasteiger partial charge in [0.2, 0.25) is 0 Å². The number of hydrogen-bond acceptors (Lipinski definition) is 3. The van der Waals surface area contributed by atoms with Crippen LogP contribution in [0.15, 0.2) is 47.5 Å². The molecule has 2 rings (SSSR count). The molecule has 4 heteroatoms. The second kappa shape index (κ2) is 4.04. The van der Waals surface area contributed by atoms with Crippen LogP contribution in [-0.2, 0) is 0 Å². The Bertz CT molecular complexity index is 412. The van der Waals surface area contributed by atoms with E-state index in [0.29, 0.717) is 0 Å². The highest BCUT2D eigenvalue weighted by Crippen LogP contribution is 2.25. The molecule has 4 nitrogen and oxygen atoms in total. The van der Waals surface area contributed by atoms with Gasteiger partial charge in [-0.3, -0.25) is 15.1 Å². The average Bonchev–Trinajstić information content (AvgIpc) is 2.30. The summed E-state index contributed by atoms with van der Waals surface area (Å²) in [6.07, 6.45) is 4.80. The Hall–Kier alpha value is -1.97. The lowest BCUT2D eigenvalue weighted by molar-refractivity contribution is -0.513. The van der Waals surface area contributed by atoms with Crippen LogP contribution in [0.3, 0.4) is 0 Å². The lowest BCUT2D eigenvalue weighted by Gasteiger charge is -2.16. The molecule has 0 fully saturated rings. The Morgan fingerprint density at radius 3 is 2.67 bits per heavy atom. The van der Waals surface area contributed by atoms with E-state index in [-0.39, 0.29) is 4.92 Å². The zero-order valence-electron chi connectivity index (χ0n) is 7.98. The lowest BCUT2D eigenvalue weighted by atomic mass is 9.98. The zero-order chi connectivity index (χ0) is 10.7. The van der Waals surface area contributed by atoms with Crippen LogP contribution in [0, 0.1) is 10.1 Å². The largest absolute Gasteiger partial charge is 0.277 e. The first kappa shape index (κ1) is 9.58. The Morgan fingerprint density at radius 1 is 1.27 bits per heavy atom. The molecule has 0 N–H and O–H groups in total. The molecule has 0 saturated heterocycles. The normalized spacial score (nSPS) is 24.0. The molecule has 76 valence electrons. The Kier molecular flexibility index (Phi) is 2.58. The minimum absolute atomic E-state index is 0.301. The van der Waals surface area contributed by atoms with Gasteiger partial charge in [-0.1, -0.05) is 30.3 Å². The van der Waals surface area contributed by atoms with Crippen LogP contribution in [0.1, 0.15) is 11.6 Å². The van der Waals surface area contributed by atoms with Gasteiger partial charge in [0.1, 0.15) is 6.04 Å². The first-order chi connectivity index (χ1) is 7.29. The molecular formula is C11H10N2O2. The van der Waals surface area contributed by atoms with E-state index >= 15 is 0 Å². The van der Waals surface area contributed by atoms with Gasteiger partial charge >= 0.3 is 0 Å². The molecule has 1 aromatic rings. The summed E-state index contributed by atoms with van der Waals surface area (Å²) in [5.74, 6) is 0. The quantitative estimate of drug-likeness (QED) is 0.544. The minimum Gasteiger partial charge on any atom is -0.277 e. The van der Waals surface area contributed by atoms with Crippen LogP contribution in [0.2, 0.25) is 0 Å². The monoisotopic (exact) mass is 202 g/mol. The number of rotatable bonds is 2. The molecule has 0 aliphatic carbocycles. The van der Waals surface area contributed by atoms with Crippen LogP contribution in [0.5, 0.6) is 0 Å². The average molecular weight is 202 g/mol. The Morgan fingerprint density at radius 2 is 2.00 bits per heavy atom. The maximum absolute atomic E-state index is 10.8. The SMILES string of the molecule is O=[N+]([O-])C1C=CC=NC1c1ccccc1. The number of allylic oxidation sites excluding steroid dienone is 1. The van der Waals surface area contributed by atoms with Gasteiger partial charge in [0.05, 0.1) is 0 Å². The maximum Gasteiger partial charge on any atom is 0.257 e. The van der Waals surface area contributed by atoms with Crippen molar-refractivity contribution in [3.05, 3.63) is 58.2 Å². The molecule has 0 aromatic heterocycles. The van der Waals surface area contributed by atoms with Gasteiger partial charge in [-0.15, -0.1) is 0 Å². The van der Waals surface area contributed by atoms with Crippen LogP contribution in [0.25, 0.3) is 0 Å². The van der Waals surface area contributed by atoms with Crippen LogP contribution < -0.4 is 0 Å². The van der Waals surface area contributed by atoms with Crippen molar-refractivity contribution in [2.45, 2.75) is 12.1 Å². The summed E-state index contributed by atoms with van der Waals surface area (Å²) in [6.45, 7) is 0. The standard InChI is InChI=1S/C11H10N2O2/c14-13(15)10-7-4-8-12-11(10)9-5-2-1-3-6-9/h1-8,10-11H. The number of benzene rings is 1. The molecule has 2 atom stereocenters. The van der Waals surface area contributed by atoms with E-state index in [1.54, 1.807) is 18.4 Å². The summed E-state index contributed by atoms with van der Waals surface area (Å²) in [5.41, 5.74) is 0.875. The molecule has 1 aliphatic heterocycles. The third-order valence-corrected chi connectivity index (χ3v) is 2.35. The van der Waals surface area contributed by atoms with Crippen molar-refractivity contribution in [3.63, 3.8) is 0 Å². The van der Waals surface area contributed by atoms with Crippen molar-refractivity contribution in [2.75, 3.05) is 0 Å². The van der Waals surface area contributed by atoms with Crippen molar-refractivity contribution < 1.29 is 4.92 Å². The van der Waals surface area contributed by atoms with E-state index in [4.69, 9.17) is 0 Å². The smallest absolute Gasteiger partial charge is 0.257 e. The van der Waals surface area contributed by atoms with Crippen molar-refractivity contribution in [1.82, 2.24) is 0 Å². The van der Waals surface area contributed by atoms with Crippen LogP contribution >= 0.6 is 0 Å². The number of hydrogen-bond donors (Lipinski definition) is 0. The molecule has 0 radical (unpaired) electrons. The van der Waals surface area contributed by atoms with Gasteiger partial charge in [-0.25, -0.2) is 0 Å². The summed E-state index contributed by atoms with van der Waals surface area (Å²) < 4.78 is 0. The lowest BCUT2D eigenvalue weighted by Crippen LogP contribution is -2.26. The summed E-state index contributed by atoms with van der Waals surface area (Å²) >= 11 is 0. The first-order valence-electron chi connectivity index (χ1n) is 4.67. The Balaban J connectivity index is 2.32. The summed E-state index contributed by atoms with van der Waals surface area (Å²) in [7, 11) is 0. The van der Waals surface area contributed by atoms with E-state index in [9.17, 15) is 10.1 Å². The highest BCUT2D eigenvalue weighted by molar-refractivity contribution is 5.72. The second-order valence-corrected chi connectivity index (χ2v) is 3.31. The van der Waals surface area contributed by atoms with Gasteiger partial charge in [0.15, 0.2) is 0 Å². The third-order valence-electron chi connectivity index (χ3n) is 2.35. The molecule has 15 heavy (non-hydrogen) atoms. The van der Waals surface area contributed by atoms with Gasteiger partial charge in [0, 0.05) is 11.1 Å². The fourth-order valence-electron chi connectivity index (χ4n) is 1.62.